The van der Waals surface area contributed by atoms with Crippen LogP contribution in [0.3, 0.4) is 0 Å². The summed E-state index contributed by atoms with van der Waals surface area (Å²) in [5.41, 5.74) is 4.54. The molecule has 2 atom stereocenters. The number of benzene rings is 1. The average Bonchev–Trinajstić information content (AvgIpc) is 3.74. The Morgan fingerprint density at radius 3 is 1.38 bits per heavy atom. The van der Waals surface area contributed by atoms with E-state index in [2.05, 4.69) is 39.0 Å². The van der Waals surface area contributed by atoms with Gasteiger partial charge in [-0.1, -0.05) is 109 Å². The maximum atomic E-state index is 8.63. The van der Waals surface area contributed by atoms with Gasteiger partial charge in [0.05, 0.1) is 19.3 Å². The molecule has 0 saturated carbocycles. The number of hydrogen-bond donors (Lipinski definition) is 1. The molecule has 8 heteroatoms. The Hall–Kier alpha value is 0.01000. The Bertz CT molecular complexity index is 734. The third-order valence-electron chi connectivity index (χ3n) is 6.42. The number of hydrogen-bond acceptors (Lipinski definition) is 5. The second kappa shape index (κ2) is 22.8. The number of aryl methyl sites for hydroxylation is 2. The fourth-order valence-corrected chi connectivity index (χ4v) is 4.18. The molecule has 2 aliphatic rings. The van der Waals surface area contributed by atoms with Gasteiger partial charge >= 0.3 is 29.6 Å². The average molecular weight is 551 g/mol. The van der Waals surface area contributed by atoms with Crippen LogP contribution in [-0.4, -0.2) is 36.8 Å². The van der Waals surface area contributed by atoms with E-state index in [9.17, 15) is 0 Å². The molecular formula is C29H51NaO6S. The third-order valence-corrected chi connectivity index (χ3v) is 6.42. The van der Waals surface area contributed by atoms with Crippen molar-refractivity contribution in [2.75, 3.05) is 13.2 Å². The monoisotopic (exact) mass is 550 g/mol. The maximum absolute atomic E-state index is 8.63. The van der Waals surface area contributed by atoms with Crippen LogP contribution in [0.4, 0.5) is 0 Å². The number of ether oxygens (including phenoxy) is 2. The summed E-state index contributed by atoms with van der Waals surface area (Å²) in [6.45, 7) is 8.55. The van der Waals surface area contributed by atoms with Crippen molar-refractivity contribution < 1.29 is 56.6 Å². The normalized spacial score (nSPS) is 17.5. The second-order valence-electron chi connectivity index (χ2n) is 10.2. The van der Waals surface area contributed by atoms with E-state index in [-0.39, 0.29) is 29.6 Å². The van der Waals surface area contributed by atoms with E-state index in [1.54, 1.807) is 11.1 Å². The van der Waals surface area contributed by atoms with Crippen LogP contribution in [0.15, 0.2) is 18.2 Å². The van der Waals surface area contributed by atoms with Crippen LogP contribution in [-0.2, 0) is 32.7 Å². The molecule has 210 valence electrons. The van der Waals surface area contributed by atoms with E-state index >= 15 is 0 Å². The zero-order valence-electron chi connectivity index (χ0n) is 24.0. The van der Waals surface area contributed by atoms with Crippen molar-refractivity contribution in [3.05, 3.63) is 34.9 Å². The van der Waals surface area contributed by atoms with Crippen molar-refractivity contribution >= 4 is 10.4 Å². The molecule has 1 aromatic carbocycles. The molecule has 2 saturated heterocycles. The Morgan fingerprint density at radius 2 is 1.08 bits per heavy atom. The number of epoxide rings is 2. The fourth-order valence-electron chi connectivity index (χ4n) is 4.18. The molecule has 0 aromatic heterocycles. The minimum Gasteiger partial charge on any atom is -0.726 e. The summed E-state index contributed by atoms with van der Waals surface area (Å²) in [4.78, 5) is 0. The van der Waals surface area contributed by atoms with Crippen LogP contribution in [0.2, 0.25) is 0 Å². The van der Waals surface area contributed by atoms with E-state index < -0.39 is 10.4 Å². The van der Waals surface area contributed by atoms with E-state index in [1.165, 1.54) is 108 Å². The van der Waals surface area contributed by atoms with E-state index in [4.69, 9.17) is 27.0 Å². The SMILES string of the molecule is CC1CO1.CCCCCCCCCc1cc(CCCCCCCCC)cc(C2CO2)c1.O=S(=O)([O-])O.[Na+]. The zero-order chi connectivity index (χ0) is 26.7. The molecule has 2 unspecified atom stereocenters. The van der Waals surface area contributed by atoms with E-state index in [0.717, 1.165) is 13.2 Å². The van der Waals surface area contributed by atoms with Crippen LogP contribution in [0.25, 0.3) is 0 Å². The van der Waals surface area contributed by atoms with Crippen LogP contribution >= 0.6 is 0 Å². The molecule has 2 heterocycles. The topological polar surface area (TPSA) is 102 Å². The van der Waals surface area contributed by atoms with Crippen LogP contribution < -0.4 is 29.6 Å². The Labute approximate surface area is 249 Å². The van der Waals surface area contributed by atoms with Crippen LogP contribution in [0.1, 0.15) is 133 Å². The van der Waals surface area contributed by atoms with Gasteiger partial charge in [-0.05, 0) is 49.3 Å². The molecule has 2 aliphatic heterocycles. The van der Waals surface area contributed by atoms with Gasteiger partial charge in [-0.3, -0.25) is 4.55 Å². The molecule has 2 fully saturated rings. The summed E-state index contributed by atoms with van der Waals surface area (Å²) in [5.74, 6) is 0. The van der Waals surface area contributed by atoms with Crippen molar-refractivity contribution in [2.24, 2.45) is 0 Å². The predicted octanol–water partition coefficient (Wildman–Crippen LogP) is 4.76. The van der Waals surface area contributed by atoms with E-state index in [0.29, 0.717) is 12.2 Å². The Kier molecular flexibility index (Phi) is 22.8. The molecule has 1 N–H and O–H groups in total. The van der Waals surface area contributed by atoms with Crippen molar-refractivity contribution in [3.63, 3.8) is 0 Å². The Balaban J connectivity index is 0.00000110. The first kappa shape index (κ1) is 37.0. The summed E-state index contributed by atoms with van der Waals surface area (Å²) in [5, 5.41) is 0. The molecule has 3 rings (SSSR count). The molecule has 0 aliphatic carbocycles. The minimum atomic E-state index is -4.92. The van der Waals surface area contributed by atoms with Gasteiger partial charge in [-0.2, -0.15) is 0 Å². The van der Waals surface area contributed by atoms with Gasteiger partial charge in [-0.25, -0.2) is 8.42 Å². The summed E-state index contributed by atoms with van der Waals surface area (Å²) in [7, 11) is -4.92. The predicted molar refractivity (Wildman–Crippen MR) is 146 cm³/mol. The van der Waals surface area contributed by atoms with Gasteiger partial charge in [0.15, 0.2) is 0 Å². The molecular weight excluding hydrogens is 499 g/mol. The van der Waals surface area contributed by atoms with Gasteiger partial charge in [0.1, 0.15) is 6.10 Å². The molecule has 1 aromatic rings. The van der Waals surface area contributed by atoms with Gasteiger partial charge < -0.3 is 14.0 Å². The molecule has 37 heavy (non-hydrogen) atoms. The number of unbranched alkanes of at least 4 members (excludes halogenated alkanes) is 12. The van der Waals surface area contributed by atoms with Crippen molar-refractivity contribution in [1.82, 2.24) is 0 Å². The largest absolute Gasteiger partial charge is 1.00 e. The first-order valence-corrected chi connectivity index (χ1v) is 15.6. The van der Waals surface area contributed by atoms with Crippen molar-refractivity contribution in [3.8, 4) is 0 Å². The Morgan fingerprint density at radius 1 is 0.757 bits per heavy atom. The van der Waals surface area contributed by atoms with E-state index in [1.807, 2.05) is 0 Å². The third kappa shape index (κ3) is 26.0. The summed E-state index contributed by atoms with van der Waals surface area (Å²) >= 11 is 0. The number of rotatable bonds is 17. The van der Waals surface area contributed by atoms with Gasteiger partial charge in [0.2, 0.25) is 10.4 Å². The standard InChI is InChI=1S/C26H44O.C3H6O.Na.H2O4S/c1-3-5-7-9-11-13-15-17-23-19-24(21-25(20-23)26-22-27-26)18-16-14-12-10-8-6-4-2;1-3-2-4-3;;1-5(2,3)4/h19-21,26H,3-18,22H2,1-2H3;3H,2H2,1H3;;(H2,1,2,3,4)/q;;+1;/p-1. The zero-order valence-corrected chi connectivity index (χ0v) is 26.8. The molecule has 6 nitrogen and oxygen atoms in total. The first-order chi connectivity index (χ1) is 17.2. The quantitative estimate of drug-likeness (QED) is 0.0987. The maximum Gasteiger partial charge on any atom is 1.00 e. The molecule has 0 amide bonds. The minimum absolute atomic E-state index is 0. The molecule has 0 spiro atoms. The summed E-state index contributed by atoms with van der Waals surface area (Å²) in [6, 6.07) is 7.33. The molecule has 0 radical (unpaired) electrons. The van der Waals surface area contributed by atoms with Gasteiger partial charge in [-0.15, -0.1) is 0 Å². The van der Waals surface area contributed by atoms with Gasteiger partial charge in [0, 0.05) is 0 Å². The summed E-state index contributed by atoms with van der Waals surface area (Å²) in [6.07, 6.45) is 23.0. The second-order valence-corrected chi connectivity index (χ2v) is 11.1. The summed E-state index contributed by atoms with van der Waals surface area (Å²) < 4.78 is 43.1. The van der Waals surface area contributed by atoms with Gasteiger partial charge in [0.25, 0.3) is 0 Å². The van der Waals surface area contributed by atoms with Crippen LogP contribution in [0, 0.1) is 0 Å². The first-order valence-electron chi connectivity index (χ1n) is 14.3. The van der Waals surface area contributed by atoms with Crippen LogP contribution in [0.5, 0.6) is 0 Å². The van der Waals surface area contributed by atoms with Crippen molar-refractivity contribution in [1.29, 1.82) is 0 Å². The smallest absolute Gasteiger partial charge is 0.726 e. The van der Waals surface area contributed by atoms with Crippen molar-refractivity contribution in [2.45, 2.75) is 136 Å². The molecule has 0 bridgehead atoms. The fraction of sp³-hybridized carbons (Fsp3) is 0.793.